The Bertz CT molecular complexity index is 1200. The van der Waals surface area contributed by atoms with Crippen LogP contribution in [0.2, 0.25) is 5.02 Å². The molecular weight excluding hydrogens is 455 g/mol. The first-order valence-electron chi connectivity index (χ1n) is 8.77. The SMILES string of the molecule is O=C(NS(=O)(=O)c1ccccc1C(F)(F)F)c1ccccc1OCc1ccc(Cl)cc1. The van der Waals surface area contributed by atoms with Gasteiger partial charge in [-0.05, 0) is 42.0 Å². The molecule has 0 fully saturated rings. The Labute approximate surface area is 181 Å². The van der Waals surface area contributed by atoms with E-state index < -0.39 is 32.6 Å². The van der Waals surface area contributed by atoms with Gasteiger partial charge in [0.2, 0.25) is 0 Å². The summed E-state index contributed by atoms with van der Waals surface area (Å²) in [4.78, 5) is 11.6. The molecule has 0 radical (unpaired) electrons. The summed E-state index contributed by atoms with van der Waals surface area (Å²) >= 11 is 5.83. The van der Waals surface area contributed by atoms with Crippen LogP contribution in [0.15, 0.2) is 77.7 Å². The smallest absolute Gasteiger partial charge is 0.417 e. The van der Waals surface area contributed by atoms with Crippen LogP contribution in [0.4, 0.5) is 13.2 Å². The van der Waals surface area contributed by atoms with Crippen LogP contribution >= 0.6 is 11.6 Å². The lowest BCUT2D eigenvalue weighted by molar-refractivity contribution is -0.139. The van der Waals surface area contributed by atoms with Crippen molar-refractivity contribution < 1.29 is 31.1 Å². The fourth-order valence-corrected chi connectivity index (χ4v) is 4.01. The molecule has 31 heavy (non-hydrogen) atoms. The number of carbonyl (C=O) groups is 1. The van der Waals surface area contributed by atoms with Crippen molar-refractivity contribution in [3.63, 3.8) is 0 Å². The zero-order valence-electron chi connectivity index (χ0n) is 15.7. The zero-order valence-corrected chi connectivity index (χ0v) is 17.3. The van der Waals surface area contributed by atoms with E-state index in [1.165, 1.54) is 18.2 Å². The molecule has 3 rings (SSSR count). The van der Waals surface area contributed by atoms with Crippen LogP contribution in [0.5, 0.6) is 5.75 Å². The van der Waals surface area contributed by atoms with Crippen molar-refractivity contribution in [3.05, 3.63) is 94.5 Å². The number of rotatable bonds is 6. The maximum atomic E-state index is 13.2. The molecular formula is C21H15ClF3NO4S. The van der Waals surface area contributed by atoms with Gasteiger partial charge in [0.1, 0.15) is 12.4 Å². The van der Waals surface area contributed by atoms with Crippen molar-refractivity contribution >= 4 is 27.5 Å². The molecule has 1 amide bonds. The summed E-state index contributed by atoms with van der Waals surface area (Å²) in [5, 5.41) is 0.535. The average Bonchev–Trinajstić information content (AvgIpc) is 2.72. The Kier molecular flexibility index (Phi) is 6.56. The van der Waals surface area contributed by atoms with E-state index in [9.17, 15) is 26.4 Å². The second-order valence-electron chi connectivity index (χ2n) is 6.34. The van der Waals surface area contributed by atoms with E-state index in [-0.39, 0.29) is 17.9 Å². The molecule has 0 saturated heterocycles. The fourth-order valence-electron chi connectivity index (χ4n) is 2.69. The van der Waals surface area contributed by atoms with Crippen molar-refractivity contribution in [2.45, 2.75) is 17.7 Å². The molecule has 0 atom stereocenters. The van der Waals surface area contributed by atoms with Gasteiger partial charge in [-0.1, -0.05) is 48.0 Å². The summed E-state index contributed by atoms with van der Waals surface area (Å²) in [6.07, 6.45) is -4.91. The molecule has 0 saturated carbocycles. The number of ether oxygens (including phenoxy) is 1. The Balaban J connectivity index is 1.83. The second-order valence-corrected chi connectivity index (χ2v) is 8.43. The van der Waals surface area contributed by atoms with E-state index in [1.54, 1.807) is 35.1 Å². The molecule has 3 aromatic carbocycles. The lowest BCUT2D eigenvalue weighted by Gasteiger charge is -2.15. The highest BCUT2D eigenvalue weighted by Crippen LogP contribution is 2.34. The van der Waals surface area contributed by atoms with Crippen LogP contribution in [0.25, 0.3) is 0 Å². The second kappa shape index (κ2) is 8.99. The first-order chi connectivity index (χ1) is 14.6. The minimum Gasteiger partial charge on any atom is -0.488 e. The van der Waals surface area contributed by atoms with Crippen molar-refractivity contribution in [2.24, 2.45) is 0 Å². The number of alkyl halides is 3. The molecule has 0 unspecified atom stereocenters. The van der Waals surface area contributed by atoms with Crippen LogP contribution in [0.1, 0.15) is 21.5 Å². The van der Waals surface area contributed by atoms with Gasteiger partial charge >= 0.3 is 6.18 Å². The van der Waals surface area contributed by atoms with Crippen molar-refractivity contribution in [3.8, 4) is 5.75 Å². The summed E-state index contributed by atoms with van der Waals surface area (Å²) < 4.78 is 71.9. The number of sulfonamides is 1. The molecule has 5 nitrogen and oxygen atoms in total. The lowest BCUT2D eigenvalue weighted by atomic mass is 10.2. The third-order valence-electron chi connectivity index (χ3n) is 4.15. The number of benzene rings is 3. The number of para-hydroxylation sites is 1. The minimum absolute atomic E-state index is 0.0606. The number of amides is 1. The molecule has 0 aliphatic heterocycles. The van der Waals surface area contributed by atoms with Gasteiger partial charge in [-0.3, -0.25) is 4.79 Å². The van der Waals surface area contributed by atoms with Gasteiger partial charge in [0.05, 0.1) is 16.0 Å². The Morgan fingerprint density at radius 3 is 2.23 bits per heavy atom. The van der Waals surface area contributed by atoms with E-state index >= 15 is 0 Å². The minimum atomic E-state index is -4.91. The maximum Gasteiger partial charge on any atom is 0.417 e. The first-order valence-corrected chi connectivity index (χ1v) is 10.6. The Morgan fingerprint density at radius 2 is 1.55 bits per heavy atom. The third-order valence-corrected chi connectivity index (χ3v) is 5.79. The van der Waals surface area contributed by atoms with Gasteiger partial charge in [0.15, 0.2) is 0 Å². The van der Waals surface area contributed by atoms with Gasteiger partial charge in [-0.15, -0.1) is 0 Å². The van der Waals surface area contributed by atoms with Crippen molar-refractivity contribution in [1.29, 1.82) is 0 Å². The summed E-state index contributed by atoms with van der Waals surface area (Å²) in [6, 6.07) is 16.1. The van der Waals surface area contributed by atoms with Crippen LogP contribution in [-0.2, 0) is 22.8 Å². The van der Waals surface area contributed by atoms with Gasteiger partial charge in [0, 0.05) is 5.02 Å². The van der Waals surface area contributed by atoms with Gasteiger partial charge in [-0.2, -0.15) is 13.2 Å². The molecule has 0 heterocycles. The fraction of sp³-hybridized carbons (Fsp3) is 0.0952. The third kappa shape index (κ3) is 5.56. The molecule has 3 aromatic rings. The highest BCUT2D eigenvalue weighted by Gasteiger charge is 2.37. The van der Waals surface area contributed by atoms with Crippen molar-refractivity contribution in [1.82, 2.24) is 4.72 Å². The molecule has 10 heteroatoms. The molecule has 0 bridgehead atoms. The summed E-state index contributed by atoms with van der Waals surface area (Å²) in [6.45, 7) is 0.0606. The number of hydrogen-bond acceptors (Lipinski definition) is 4. The van der Waals surface area contributed by atoms with Gasteiger partial charge in [0.25, 0.3) is 15.9 Å². The average molecular weight is 470 g/mol. The van der Waals surface area contributed by atoms with E-state index in [2.05, 4.69) is 0 Å². The van der Waals surface area contributed by atoms with E-state index in [0.717, 1.165) is 23.8 Å². The lowest BCUT2D eigenvalue weighted by Crippen LogP contribution is -2.32. The topological polar surface area (TPSA) is 72.5 Å². The zero-order chi connectivity index (χ0) is 22.6. The summed E-state index contributed by atoms with van der Waals surface area (Å²) in [5.41, 5.74) is -0.779. The molecule has 1 N–H and O–H groups in total. The molecule has 0 aliphatic carbocycles. The molecule has 0 aliphatic rings. The highest BCUT2D eigenvalue weighted by atomic mass is 35.5. The van der Waals surface area contributed by atoms with Gasteiger partial charge < -0.3 is 4.74 Å². The van der Waals surface area contributed by atoms with E-state index in [1.807, 2.05) is 0 Å². The van der Waals surface area contributed by atoms with Crippen LogP contribution in [-0.4, -0.2) is 14.3 Å². The van der Waals surface area contributed by atoms with Gasteiger partial charge in [-0.25, -0.2) is 13.1 Å². The highest BCUT2D eigenvalue weighted by molar-refractivity contribution is 7.90. The Hall–Kier alpha value is -3.04. The number of halogens is 4. The first kappa shape index (κ1) is 22.6. The number of nitrogens with one attached hydrogen (secondary N) is 1. The molecule has 0 spiro atoms. The monoisotopic (exact) mass is 469 g/mol. The molecule has 162 valence electrons. The summed E-state index contributed by atoms with van der Waals surface area (Å²) in [5.74, 6) is -1.06. The normalized spacial score (nSPS) is 11.7. The molecule has 0 aromatic heterocycles. The van der Waals surface area contributed by atoms with Crippen LogP contribution in [0, 0.1) is 0 Å². The maximum absolute atomic E-state index is 13.2. The largest absolute Gasteiger partial charge is 0.488 e. The van der Waals surface area contributed by atoms with E-state index in [4.69, 9.17) is 16.3 Å². The predicted octanol–water partition coefficient (Wildman–Crippen LogP) is 5.06. The quantitative estimate of drug-likeness (QED) is 0.548. The standard InChI is InChI=1S/C21H15ClF3NO4S/c22-15-11-9-14(10-12-15)13-30-18-7-3-1-5-16(18)20(27)26-31(28,29)19-8-4-2-6-17(19)21(23,24)25/h1-12H,13H2,(H,26,27). The predicted molar refractivity (Wildman–Crippen MR) is 108 cm³/mol. The number of carbonyl (C=O) groups excluding carboxylic acids is 1. The van der Waals surface area contributed by atoms with Crippen LogP contribution < -0.4 is 9.46 Å². The van der Waals surface area contributed by atoms with Crippen molar-refractivity contribution in [2.75, 3.05) is 0 Å². The van der Waals surface area contributed by atoms with Crippen LogP contribution in [0.3, 0.4) is 0 Å². The van der Waals surface area contributed by atoms with E-state index in [0.29, 0.717) is 11.1 Å². The number of hydrogen-bond donors (Lipinski definition) is 1. The Morgan fingerprint density at radius 1 is 0.935 bits per heavy atom. The summed E-state index contributed by atoms with van der Waals surface area (Å²) in [7, 11) is -4.80.